The topological polar surface area (TPSA) is 35.2 Å². The van der Waals surface area contributed by atoms with Gasteiger partial charge in [-0.15, -0.1) is 12.4 Å². The molecule has 0 aromatic heterocycles. The van der Waals surface area contributed by atoms with Gasteiger partial charge in [0.2, 0.25) is 0 Å². The molecule has 3 heteroatoms. The summed E-state index contributed by atoms with van der Waals surface area (Å²) in [6.45, 7) is 0. The molecule has 0 radical (unpaired) electrons. The van der Waals surface area contributed by atoms with Gasteiger partial charge in [-0.05, 0) is 25.7 Å². The van der Waals surface area contributed by atoms with E-state index in [0.717, 1.165) is 12.8 Å². The van der Waals surface area contributed by atoms with E-state index in [1.54, 1.807) is 0 Å². The molecule has 0 aliphatic carbocycles. The molecular weight excluding hydrogens is 150 g/mol. The summed E-state index contributed by atoms with van der Waals surface area (Å²) in [6, 6.07) is 0.427. The molecule has 0 aromatic carbocycles. The number of hydrogen-bond acceptors (Lipinski definition) is 2. The second-order valence-electron chi connectivity index (χ2n) is 3.19. The van der Waals surface area contributed by atoms with E-state index in [1.165, 1.54) is 12.8 Å². The first-order valence-corrected chi connectivity index (χ1v) is 3.75. The van der Waals surface area contributed by atoms with Crippen LogP contribution in [0.2, 0.25) is 0 Å². The van der Waals surface area contributed by atoms with Crippen molar-refractivity contribution < 1.29 is 4.74 Å². The number of rotatable bonds is 0. The van der Waals surface area contributed by atoms with Gasteiger partial charge >= 0.3 is 0 Å². The normalized spacial score (nSPS) is 44.7. The number of halogens is 1. The zero-order valence-electron chi connectivity index (χ0n) is 5.95. The standard InChI is InChI=1S/C7H13NO.ClH/c8-5-3-6-1-2-7(4-5)9-6;/h5-7H,1-4,8H2;1H. The Morgan fingerprint density at radius 2 is 1.60 bits per heavy atom. The molecule has 0 spiro atoms. The van der Waals surface area contributed by atoms with Crippen LogP contribution in [0.3, 0.4) is 0 Å². The summed E-state index contributed by atoms with van der Waals surface area (Å²) in [4.78, 5) is 0. The Hall–Kier alpha value is 0.210. The molecular formula is C7H14ClNO. The highest BCUT2D eigenvalue weighted by molar-refractivity contribution is 5.85. The monoisotopic (exact) mass is 163 g/mol. The van der Waals surface area contributed by atoms with Crippen LogP contribution < -0.4 is 5.73 Å². The average Bonchev–Trinajstić information content (AvgIpc) is 2.11. The van der Waals surface area contributed by atoms with Crippen molar-refractivity contribution in [1.82, 2.24) is 0 Å². The summed E-state index contributed by atoms with van der Waals surface area (Å²) in [5, 5.41) is 0. The molecule has 0 saturated carbocycles. The molecule has 2 nitrogen and oxygen atoms in total. The molecule has 2 rings (SSSR count). The molecule has 10 heavy (non-hydrogen) atoms. The van der Waals surface area contributed by atoms with Crippen LogP contribution in [0.25, 0.3) is 0 Å². The predicted molar refractivity (Wildman–Crippen MR) is 42.4 cm³/mol. The molecule has 2 bridgehead atoms. The van der Waals surface area contributed by atoms with Gasteiger partial charge in [0.05, 0.1) is 12.2 Å². The van der Waals surface area contributed by atoms with Gasteiger partial charge < -0.3 is 10.5 Å². The second kappa shape index (κ2) is 3.07. The summed E-state index contributed by atoms with van der Waals surface area (Å²) < 4.78 is 5.59. The van der Waals surface area contributed by atoms with Crippen LogP contribution >= 0.6 is 12.4 Å². The summed E-state index contributed by atoms with van der Waals surface area (Å²) >= 11 is 0. The van der Waals surface area contributed by atoms with Crippen molar-refractivity contribution in [3.05, 3.63) is 0 Å². The first-order valence-electron chi connectivity index (χ1n) is 3.75. The molecule has 2 saturated heterocycles. The maximum Gasteiger partial charge on any atom is 0.0594 e. The Morgan fingerprint density at radius 3 is 2.10 bits per heavy atom. The zero-order valence-corrected chi connectivity index (χ0v) is 6.77. The Kier molecular flexibility index (Phi) is 2.55. The van der Waals surface area contributed by atoms with E-state index in [-0.39, 0.29) is 12.4 Å². The van der Waals surface area contributed by atoms with E-state index in [4.69, 9.17) is 10.5 Å². The lowest BCUT2D eigenvalue weighted by Crippen LogP contribution is -2.34. The minimum absolute atomic E-state index is 0. The summed E-state index contributed by atoms with van der Waals surface area (Å²) in [5.74, 6) is 0. The maximum absolute atomic E-state index is 5.78. The quantitative estimate of drug-likeness (QED) is 0.580. The number of ether oxygens (including phenoxy) is 1. The molecule has 2 heterocycles. The fourth-order valence-electron chi connectivity index (χ4n) is 1.90. The molecule has 0 aromatic rings. The molecule has 60 valence electrons. The Bertz CT molecular complexity index is 108. The van der Waals surface area contributed by atoms with Crippen LogP contribution in [-0.2, 0) is 4.74 Å². The highest BCUT2D eigenvalue weighted by Gasteiger charge is 2.32. The van der Waals surface area contributed by atoms with Crippen molar-refractivity contribution in [2.45, 2.75) is 43.9 Å². The van der Waals surface area contributed by atoms with Crippen LogP contribution in [0.4, 0.5) is 0 Å². The van der Waals surface area contributed by atoms with Crippen molar-refractivity contribution in [2.24, 2.45) is 5.73 Å². The fourth-order valence-corrected chi connectivity index (χ4v) is 1.90. The lowest BCUT2D eigenvalue weighted by molar-refractivity contribution is -0.00236. The van der Waals surface area contributed by atoms with Gasteiger partial charge in [-0.2, -0.15) is 0 Å². The van der Waals surface area contributed by atoms with E-state index < -0.39 is 0 Å². The molecule has 2 aliphatic heterocycles. The van der Waals surface area contributed by atoms with E-state index in [0.29, 0.717) is 18.2 Å². The van der Waals surface area contributed by atoms with Crippen LogP contribution in [0.5, 0.6) is 0 Å². The third kappa shape index (κ3) is 1.44. The second-order valence-corrected chi connectivity index (χ2v) is 3.19. The highest BCUT2D eigenvalue weighted by Crippen LogP contribution is 2.31. The summed E-state index contributed by atoms with van der Waals surface area (Å²) in [5.41, 5.74) is 5.78. The Morgan fingerprint density at radius 1 is 1.10 bits per heavy atom. The first kappa shape index (κ1) is 8.31. The molecule has 2 fully saturated rings. The van der Waals surface area contributed by atoms with Crippen LogP contribution in [0, 0.1) is 0 Å². The van der Waals surface area contributed by atoms with Crippen molar-refractivity contribution in [3.8, 4) is 0 Å². The smallest absolute Gasteiger partial charge is 0.0594 e. The summed E-state index contributed by atoms with van der Waals surface area (Å²) in [7, 11) is 0. The van der Waals surface area contributed by atoms with Crippen molar-refractivity contribution in [2.75, 3.05) is 0 Å². The third-order valence-corrected chi connectivity index (χ3v) is 2.33. The van der Waals surface area contributed by atoms with Crippen molar-refractivity contribution >= 4 is 12.4 Å². The van der Waals surface area contributed by atoms with Gasteiger partial charge in [-0.1, -0.05) is 0 Å². The Labute approximate surface area is 67.5 Å². The van der Waals surface area contributed by atoms with E-state index in [9.17, 15) is 0 Å². The van der Waals surface area contributed by atoms with Crippen LogP contribution in [0.1, 0.15) is 25.7 Å². The van der Waals surface area contributed by atoms with E-state index >= 15 is 0 Å². The van der Waals surface area contributed by atoms with E-state index in [2.05, 4.69) is 0 Å². The van der Waals surface area contributed by atoms with Gasteiger partial charge in [-0.3, -0.25) is 0 Å². The number of nitrogens with two attached hydrogens (primary N) is 1. The zero-order chi connectivity index (χ0) is 6.27. The minimum Gasteiger partial charge on any atom is -0.375 e. The molecule has 2 atom stereocenters. The Balaban J connectivity index is 0.000000500. The first-order chi connectivity index (χ1) is 4.34. The number of hydrogen-bond donors (Lipinski definition) is 1. The third-order valence-electron chi connectivity index (χ3n) is 2.33. The molecule has 2 unspecified atom stereocenters. The largest absolute Gasteiger partial charge is 0.375 e. The van der Waals surface area contributed by atoms with Gasteiger partial charge in [-0.25, -0.2) is 0 Å². The summed E-state index contributed by atoms with van der Waals surface area (Å²) in [6.07, 6.45) is 5.71. The van der Waals surface area contributed by atoms with Gasteiger partial charge in [0, 0.05) is 6.04 Å². The highest BCUT2D eigenvalue weighted by atomic mass is 35.5. The van der Waals surface area contributed by atoms with E-state index in [1.807, 2.05) is 0 Å². The molecule has 0 amide bonds. The maximum atomic E-state index is 5.78. The van der Waals surface area contributed by atoms with Crippen molar-refractivity contribution in [3.63, 3.8) is 0 Å². The van der Waals surface area contributed by atoms with Gasteiger partial charge in [0.25, 0.3) is 0 Å². The average molecular weight is 164 g/mol. The number of fused-ring (bicyclic) bond motifs is 2. The van der Waals surface area contributed by atoms with Crippen molar-refractivity contribution in [1.29, 1.82) is 0 Å². The van der Waals surface area contributed by atoms with Crippen LogP contribution in [0.15, 0.2) is 0 Å². The van der Waals surface area contributed by atoms with Gasteiger partial charge in [0.15, 0.2) is 0 Å². The fraction of sp³-hybridized carbons (Fsp3) is 1.00. The lowest BCUT2D eigenvalue weighted by Gasteiger charge is -2.24. The van der Waals surface area contributed by atoms with Crippen LogP contribution in [-0.4, -0.2) is 18.2 Å². The minimum atomic E-state index is 0. The van der Waals surface area contributed by atoms with Gasteiger partial charge in [0.1, 0.15) is 0 Å². The SMILES string of the molecule is Cl.NC1CC2CCC(C1)O2. The lowest BCUT2D eigenvalue weighted by atomic mass is 10.1. The molecule has 2 aliphatic rings. The molecule has 2 N–H and O–H groups in total. The predicted octanol–water partition coefficient (Wildman–Crippen LogP) is 1.08.